The zero-order valence-electron chi connectivity index (χ0n) is 9.98. The highest BCUT2D eigenvalue weighted by Gasteiger charge is 2.14. The number of hydrogen-bond acceptors (Lipinski definition) is 4. The van der Waals surface area contributed by atoms with E-state index in [2.05, 4.69) is 31.2 Å². The molecule has 18 heavy (non-hydrogen) atoms. The molecule has 2 aromatic heterocycles. The minimum Gasteiger partial charge on any atom is -0.343 e. The molecule has 0 fully saturated rings. The van der Waals surface area contributed by atoms with Crippen molar-refractivity contribution in [3.8, 4) is 0 Å². The molecule has 0 bridgehead atoms. The van der Waals surface area contributed by atoms with E-state index in [0.717, 1.165) is 9.88 Å². The highest BCUT2D eigenvalue weighted by atomic mass is 79.9. The van der Waals surface area contributed by atoms with Crippen LogP contribution >= 0.6 is 27.3 Å². The number of carbonyl (C=O) groups is 1. The Morgan fingerprint density at radius 3 is 2.89 bits per heavy atom. The summed E-state index contributed by atoms with van der Waals surface area (Å²) >= 11 is 4.83. The summed E-state index contributed by atoms with van der Waals surface area (Å²) in [5.74, 6) is -0.126. The van der Waals surface area contributed by atoms with E-state index in [4.69, 9.17) is 0 Å². The van der Waals surface area contributed by atoms with Crippen LogP contribution in [0.3, 0.4) is 0 Å². The topological polar surface area (TPSA) is 54.9 Å². The molecule has 0 aliphatic rings. The molecule has 0 aromatic carbocycles. The van der Waals surface area contributed by atoms with E-state index in [-0.39, 0.29) is 11.9 Å². The van der Waals surface area contributed by atoms with Crippen molar-refractivity contribution in [2.45, 2.75) is 19.9 Å². The summed E-state index contributed by atoms with van der Waals surface area (Å²) in [5, 5.41) is 3.82. The number of nitrogens with zero attached hydrogens (tertiary/aromatic N) is 2. The lowest BCUT2D eigenvalue weighted by molar-refractivity contribution is 0.0939. The number of rotatable bonds is 3. The summed E-state index contributed by atoms with van der Waals surface area (Å²) in [4.78, 5) is 21.4. The van der Waals surface area contributed by atoms with Crippen molar-refractivity contribution in [2.75, 3.05) is 0 Å². The number of nitrogens with one attached hydrogen (secondary N) is 1. The lowest BCUT2D eigenvalue weighted by Crippen LogP contribution is -2.26. The third-order valence-corrected chi connectivity index (χ3v) is 3.88. The highest BCUT2D eigenvalue weighted by molar-refractivity contribution is 9.10. The smallest absolute Gasteiger partial charge is 0.251 e. The Kier molecular flexibility index (Phi) is 4.08. The van der Waals surface area contributed by atoms with Crippen molar-refractivity contribution >= 4 is 33.2 Å². The van der Waals surface area contributed by atoms with E-state index in [1.54, 1.807) is 29.7 Å². The first kappa shape index (κ1) is 13.2. The minimum atomic E-state index is -0.126. The van der Waals surface area contributed by atoms with Gasteiger partial charge in [0.2, 0.25) is 0 Å². The number of hydrogen-bond donors (Lipinski definition) is 1. The van der Waals surface area contributed by atoms with Crippen molar-refractivity contribution in [1.29, 1.82) is 0 Å². The number of amides is 1. The average molecular weight is 326 g/mol. The lowest BCUT2D eigenvalue weighted by atomic mass is 10.2. The number of aromatic nitrogens is 2. The van der Waals surface area contributed by atoms with Crippen molar-refractivity contribution in [3.05, 3.63) is 44.6 Å². The molecule has 0 radical (unpaired) electrons. The van der Waals surface area contributed by atoms with Crippen LogP contribution in [0.25, 0.3) is 0 Å². The maximum Gasteiger partial charge on any atom is 0.251 e. The predicted molar refractivity (Wildman–Crippen MR) is 74.7 cm³/mol. The van der Waals surface area contributed by atoms with Crippen LogP contribution in [-0.2, 0) is 0 Å². The zero-order chi connectivity index (χ0) is 13.1. The number of aryl methyl sites for hydroxylation is 1. The molecule has 2 rings (SSSR count). The van der Waals surface area contributed by atoms with Crippen LogP contribution < -0.4 is 5.32 Å². The van der Waals surface area contributed by atoms with E-state index >= 15 is 0 Å². The molecule has 4 nitrogen and oxygen atoms in total. The Bertz CT molecular complexity index is 570. The van der Waals surface area contributed by atoms with Crippen molar-refractivity contribution in [3.63, 3.8) is 0 Å². The molecule has 6 heteroatoms. The fourth-order valence-electron chi connectivity index (χ4n) is 1.46. The molecule has 1 amide bonds. The molecule has 1 unspecified atom stereocenters. The largest absolute Gasteiger partial charge is 0.343 e. The van der Waals surface area contributed by atoms with Gasteiger partial charge in [0.15, 0.2) is 0 Å². The van der Waals surface area contributed by atoms with E-state index in [1.165, 1.54) is 0 Å². The van der Waals surface area contributed by atoms with Crippen LogP contribution in [0.4, 0.5) is 0 Å². The van der Waals surface area contributed by atoms with Gasteiger partial charge in [0.1, 0.15) is 9.61 Å². The third kappa shape index (κ3) is 3.14. The molecule has 2 heterocycles. The first-order valence-electron chi connectivity index (χ1n) is 5.41. The Balaban J connectivity index is 2.08. The Hall–Kier alpha value is -1.27. The van der Waals surface area contributed by atoms with Crippen LogP contribution in [-0.4, -0.2) is 15.9 Å². The van der Waals surface area contributed by atoms with Gasteiger partial charge in [-0.05, 0) is 41.9 Å². The predicted octanol–water partition coefficient (Wildman–Crippen LogP) is 3.10. The quantitative estimate of drug-likeness (QED) is 0.882. The standard InChI is InChI=1S/C12H12BrN3OS/c1-7-6-15-12(18-7)8(2)16-11(17)9-3-4-14-10(13)5-9/h3-6,8H,1-2H3,(H,16,17). The van der Waals surface area contributed by atoms with Crippen LogP contribution in [0.15, 0.2) is 29.1 Å². The number of halogens is 1. The first-order valence-corrected chi connectivity index (χ1v) is 7.02. The molecular formula is C12H12BrN3OS. The summed E-state index contributed by atoms with van der Waals surface area (Å²) in [6, 6.07) is 3.28. The monoisotopic (exact) mass is 325 g/mol. The fraction of sp³-hybridized carbons (Fsp3) is 0.250. The molecule has 94 valence electrons. The zero-order valence-corrected chi connectivity index (χ0v) is 12.4. The van der Waals surface area contributed by atoms with Crippen molar-refractivity contribution in [1.82, 2.24) is 15.3 Å². The van der Waals surface area contributed by atoms with Gasteiger partial charge in [0.05, 0.1) is 6.04 Å². The van der Waals surface area contributed by atoms with Gasteiger partial charge in [-0.15, -0.1) is 11.3 Å². The highest BCUT2D eigenvalue weighted by Crippen LogP contribution is 2.19. The van der Waals surface area contributed by atoms with Crippen LogP contribution in [0.2, 0.25) is 0 Å². The van der Waals surface area contributed by atoms with Crippen molar-refractivity contribution in [2.24, 2.45) is 0 Å². The third-order valence-electron chi connectivity index (χ3n) is 2.35. The summed E-state index contributed by atoms with van der Waals surface area (Å²) in [7, 11) is 0. The SMILES string of the molecule is Cc1cnc(C(C)NC(=O)c2ccnc(Br)c2)s1. The lowest BCUT2D eigenvalue weighted by Gasteiger charge is -2.11. The summed E-state index contributed by atoms with van der Waals surface area (Å²) in [5.41, 5.74) is 0.581. The molecule has 1 N–H and O–H groups in total. The maximum atomic E-state index is 12.0. The van der Waals surface area contributed by atoms with Gasteiger partial charge in [0.25, 0.3) is 5.91 Å². The van der Waals surface area contributed by atoms with Gasteiger partial charge in [-0.1, -0.05) is 0 Å². The normalized spacial score (nSPS) is 12.2. The van der Waals surface area contributed by atoms with Crippen LogP contribution in [0.5, 0.6) is 0 Å². The fourth-order valence-corrected chi connectivity index (χ4v) is 2.60. The second-order valence-corrected chi connectivity index (χ2v) is 5.95. The first-order chi connectivity index (χ1) is 8.56. The minimum absolute atomic E-state index is 0.0943. The number of carbonyl (C=O) groups excluding carboxylic acids is 1. The second-order valence-electron chi connectivity index (χ2n) is 3.87. The molecule has 2 aromatic rings. The van der Waals surface area contributed by atoms with Crippen molar-refractivity contribution < 1.29 is 4.79 Å². The maximum absolute atomic E-state index is 12.0. The number of pyridine rings is 1. The Morgan fingerprint density at radius 2 is 2.28 bits per heavy atom. The molecule has 0 spiro atoms. The van der Waals surface area contributed by atoms with E-state index < -0.39 is 0 Å². The van der Waals surface area contributed by atoms with E-state index in [0.29, 0.717) is 10.2 Å². The Labute approximate surface area is 118 Å². The second kappa shape index (κ2) is 5.58. The van der Waals surface area contributed by atoms with Gasteiger partial charge in [0, 0.05) is 22.8 Å². The molecular weight excluding hydrogens is 314 g/mol. The Morgan fingerprint density at radius 1 is 1.50 bits per heavy atom. The van der Waals surface area contributed by atoms with Gasteiger partial charge in [-0.25, -0.2) is 9.97 Å². The summed E-state index contributed by atoms with van der Waals surface area (Å²) in [6.45, 7) is 3.92. The molecule has 0 aliphatic carbocycles. The van der Waals surface area contributed by atoms with E-state index in [9.17, 15) is 4.79 Å². The van der Waals surface area contributed by atoms with Gasteiger partial charge in [-0.2, -0.15) is 0 Å². The molecule has 0 saturated carbocycles. The van der Waals surface area contributed by atoms with Gasteiger partial charge < -0.3 is 5.32 Å². The van der Waals surface area contributed by atoms with Gasteiger partial charge in [-0.3, -0.25) is 4.79 Å². The molecule has 0 saturated heterocycles. The van der Waals surface area contributed by atoms with E-state index in [1.807, 2.05) is 20.0 Å². The number of thiazole rings is 1. The van der Waals surface area contributed by atoms with Crippen LogP contribution in [0, 0.1) is 6.92 Å². The summed E-state index contributed by atoms with van der Waals surface area (Å²) in [6.07, 6.45) is 3.41. The van der Waals surface area contributed by atoms with Crippen LogP contribution in [0.1, 0.15) is 33.2 Å². The molecule has 0 aliphatic heterocycles. The van der Waals surface area contributed by atoms with Gasteiger partial charge >= 0.3 is 0 Å². The summed E-state index contributed by atoms with van der Waals surface area (Å²) < 4.78 is 0.646. The average Bonchev–Trinajstić information content (AvgIpc) is 2.76. The molecule has 1 atom stereocenters.